The molecule has 1 fully saturated rings. The van der Waals surface area contributed by atoms with E-state index in [4.69, 9.17) is 5.11 Å². The van der Waals surface area contributed by atoms with E-state index < -0.39 is 24.6 Å². The molecule has 7 heteroatoms. The third kappa shape index (κ3) is 2.78. The predicted molar refractivity (Wildman–Crippen MR) is 51.5 cm³/mol. The van der Waals surface area contributed by atoms with E-state index >= 15 is 0 Å². The van der Waals surface area contributed by atoms with Crippen LogP contribution in [0.5, 0.6) is 0 Å². The summed E-state index contributed by atoms with van der Waals surface area (Å²) in [4.78, 5) is 10.4. The number of nitrogens with zero attached hydrogens (tertiary/aromatic N) is 2. The smallest absolute Gasteiger partial charge is 0.411 e. The van der Waals surface area contributed by atoms with Crippen molar-refractivity contribution in [2.45, 2.75) is 37.4 Å². The number of carboxylic acid groups (broad SMARTS) is 1. The molecule has 1 N–H and O–H groups in total. The van der Waals surface area contributed by atoms with E-state index in [9.17, 15) is 18.0 Å². The highest BCUT2D eigenvalue weighted by atomic mass is 19.4. The molecule has 1 aliphatic rings. The van der Waals surface area contributed by atoms with Gasteiger partial charge in [-0.1, -0.05) is 0 Å². The van der Waals surface area contributed by atoms with Crippen LogP contribution in [0.25, 0.3) is 0 Å². The molecule has 17 heavy (non-hydrogen) atoms. The van der Waals surface area contributed by atoms with Gasteiger partial charge in [-0.25, -0.2) is 0 Å². The number of carbonyl (C=O) groups is 1. The second-order valence-electron chi connectivity index (χ2n) is 4.15. The second-order valence-corrected chi connectivity index (χ2v) is 4.15. The molecule has 1 aromatic rings. The number of rotatable bonds is 4. The minimum absolute atomic E-state index is 0.245. The summed E-state index contributed by atoms with van der Waals surface area (Å²) in [5, 5.41) is 12.3. The van der Waals surface area contributed by atoms with Crippen molar-refractivity contribution in [1.29, 1.82) is 0 Å². The Bertz CT molecular complexity index is 423. The molecule has 0 spiro atoms. The molecule has 1 heterocycles. The molecule has 0 aromatic carbocycles. The van der Waals surface area contributed by atoms with Gasteiger partial charge in [-0.15, -0.1) is 0 Å². The first kappa shape index (κ1) is 11.9. The van der Waals surface area contributed by atoms with Crippen molar-refractivity contribution >= 4 is 5.97 Å². The van der Waals surface area contributed by atoms with Crippen molar-refractivity contribution in [3.63, 3.8) is 0 Å². The molecular weight excluding hydrogens is 237 g/mol. The first-order valence-corrected chi connectivity index (χ1v) is 5.21. The zero-order valence-corrected chi connectivity index (χ0v) is 8.81. The molecule has 0 saturated heterocycles. The van der Waals surface area contributed by atoms with Crippen LogP contribution in [0.2, 0.25) is 0 Å². The Morgan fingerprint density at radius 3 is 2.71 bits per heavy atom. The minimum atomic E-state index is -4.61. The normalized spacial score (nSPS) is 18.1. The maximum Gasteiger partial charge on any atom is 0.411 e. The summed E-state index contributed by atoms with van der Waals surface area (Å²) < 4.78 is 38.7. The third-order valence-corrected chi connectivity index (χ3v) is 2.69. The summed E-state index contributed by atoms with van der Waals surface area (Å²) in [5.41, 5.74) is 0.615. The van der Waals surface area contributed by atoms with Gasteiger partial charge in [0.15, 0.2) is 6.04 Å². The lowest BCUT2D eigenvalue weighted by Crippen LogP contribution is -2.29. The molecule has 0 bridgehead atoms. The Morgan fingerprint density at radius 1 is 1.59 bits per heavy atom. The lowest BCUT2D eigenvalue weighted by atomic mass is 10.2. The quantitative estimate of drug-likeness (QED) is 0.889. The van der Waals surface area contributed by atoms with E-state index in [1.165, 1.54) is 12.3 Å². The van der Waals surface area contributed by atoms with Crippen LogP contribution in [0.3, 0.4) is 0 Å². The number of aromatic nitrogens is 2. The summed E-state index contributed by atoms with van der Waals surface area (Å²) in [6.45, 7) is 0. The summed E-state index contributed by atoms with van der Waals surface area (Å²) in [5.74, 6) is -1.24. The van der Waals surface area contributed by atoms with Crippen molar-refractivity contribution in [1.82, 2.24) is 9.78 Å². The summed E-state index contributed by atoms with van der Waals surface area (Å²) >= 11 is 0. The van der Waals surface area contributed by atoms with Crippen molar-refractivity contribution in [2.24, 2.45) is 0 Å². The molecule has 1 atom stereocenters. The van der Waals surface area contributed by atoms with Crippen molar-refractivity contribution in [3.05, 3.63) is 18.0 Å². The lowest BCUT2D eigenvalue weighted by molar-refractivity contribution is -0.179. The SMILES string of the molecule is O=C(O)CC(n1ccc(C2CC2)n1)C(F)(F)F. The molecule has 4 nitrogen and oxygen atoms in total. The Kier molecular flexibility index (Phi) is 2.84. The number of hydrogen-bond acceptors (Lipinski definition) is 2. The molecule has 1 aliphatic carbocycles. The molecule has 94 valence electrons. The lowest BCUT2D eigenvalue weighted by Gasteiger charge is -2.18. The molecule has 0 aliphatic heterocycles. The fourth-order valence-electron chi connectivity index (χ4n) is 1.65. The summed E-state index contributed by atoms with van der Waals surface area (Å²) in [7, 11) is 0. The van der Waals surface area contributed by atoms with E-state index in [1.807, 2.05) is 0 Å². The molecule has 1 unspecified atom stereocenters. The topological polar surface area (TPSA) is 55.1 Å². The van der Waals surface area contributed by atoms with E-state index in [0.29, 0.717) is 10.4 Å². The van der Waals surface area contributed by atoms with E-state index in [1.54, 1.807) is 0 Å². The average Bonchev–Trinajstić information content (AvgIpc) is 2.92. The molecule has 0 amide bonds. The minimum Gasteiger partial charge on any atom is -0.481 e. The van der Waals surface area contributed by atoms with E-state index in [0.717, 1.165) is 12.8 Å². The molecule has 1 aromatic heterocycles. The van der Waals surface area contributed by atoms with Gasteiger partial charge in [0.05, 0.1) is 12.1 Å². The van der Waals surface area contributed by atoms with E-state index in [-0.39, 0.29) is 5.92 Å². The number of aliphatic carboxylic acids is 1. The van der Waals surface area contributed by atoms with Gasteiger partial charge >= 0.3 is 12.1 Å². The highest BCUT2D eigenvalue weighted by Crippen LogP contribution is 2.40. The van der Waals surface area contributed by atoms with Gasteiger partial charge < -0.3 is 5.11 Å². The van der Waals surface area contributed by atoms with Crippen LogP contribution in [0.1, 0.15) is 36.9 Å². The number of halogens is 3. The Hall–Kier alpha value is -1.53. The number of alkyl halides is 3. The zero-order chi connectivity index (χ0) is 12.6. The number of hydrogen-bond donors (Lipinski definition) is 1. The first-order valence-electron chi connectivity index (χ1n) is 5.21. The first-order chi connectivity index (χ1) is 7.88. The predicted octanol–water partition coefficient (Wildman–Crippen LogP) is 2.34. The van der Waals surface area contributed by atoms with Crippen LogP contribution in [0.15, 0.2) is 12.3 Å². The average molecular weight is 248 g/mol. The molecule has 0 radical (unpaired) electrons. The van der Waals surface area contributed by atoms with Crippen LogP contribution in [-0.2, 0) is 4.79 Å². The Balaban J connectivity index is 2.21. The van der Waals surface area contributed by atoms with Gasteiger partial charge in [-0.05, 0) is 18.9 Å². The van der Waals surface area contributed by atoms with Crippen molar-refractivity contribution in [2.75, 3.05) is 0 Å². The van der Waals surface area contributed by atoms with Crippen molar-refractivity contribution in [3.8, 4) is 0 Å². The maximum absolute atomic E-state index is 12.7. The maximum atomic E-state index is 12.7. The standard InChI is InChI=1S/C10H11F3N2O2/c11-10(12,13)8(5-9(16)17)15-4-3-7(14-15)6-1-2-6/h3-4,6,8H,1-2,5H2,(H,16,17). The highest BCUT2D eigenvalue weighted by Gasteiger charge is 2.43. The summed E-state index contributed by atoms with van der Waals surface area (Å²) in [6.07, 6.45) is -2.53. The van der Waals surface area contributed by atoms with Crippen LogP contribution < -0.4 is 0 Å². The van der Waals surface area contributed by atoms with Crippen LogP contribution in [0, 0.1) is 0 Å². The fourth-order valence-corrected chi connectivity index (χ4v) is 1.65. The Labute approximate surface area is 95.0 Å². The molecule has 2 rings (SSSR count). The molecular formula is C10H11F3N2O2. The summed E-state index contributed by atoms with van der Waals surface area (Å²) in [6, 6.07) is -0.564. The van der Waals surface area contributed by atoms with Gasteiger partial charge in [0.1, 0.15) is 0 Å². The zero-order valence-electron chi connectivity index (χ0n) is 8.81. The van der Waals surface area contributed by atoms with Gasteiger partial charge in [0.2, 0.25) is 0 Å². The van der Waals surface area contributed by atoms with Crippen LogP contribution >= 0.6 is 0 Å². The third-order valence-electron chi connectivity index (χ3n) is 2.69. The van der Waals surface area contributed by atoms with Crippen LogP contribution in [0.4, 0.5) is 13.2 Å². The second kappa shape index (κ2) is 4.05. The largest absolute Gasteiger partial charge is 0.481 e. The van der Waals surface area contributed by atoms with Crippen molar-refractivity contribution < 1.29 is 23.1 Å². The Morgan fingerprint density at radius 2 is 2.24 bits per heavy atom. The van der Waals surface area contributed by atoms with Gasteiger partial charge in [0.25, 0.3) is 0 Å². The fraction of sp³-hybridized carbons (Fsp3) is 0.600. The van der Waals surface area contributed by atoms with Crippen LogP contribution in [-0.4, -0.2) is 27.0 Å². The van der Waals surface area contributed by atoms with E-state index in [2.05, 4.69) is 5.10 Å². The monoisotopic (exact) mass is 248 g/mol. The van der Waals surface area contributed by atoms with Gasteiger partial charge in [-0.3, -0.25) is 9.48 Å². The highest BCUT2D eigenvalue weighted by molar-refractivity contribution is 5.67. The van der Waals surface area contributed by atoms with Gasteiger partial charge in [0, 0.05) is 12.1 Å². The molecule has 1 saturated carbocycles. The van der Waals surface area contributed by atoms with Gasteiger partial charge in [-0.2, -0.15) is 18.3 Å². The number of carboxylic acids is 1.